The van der Waals surface area contributed by atoms with Gasteiger partial charge in [0.25, 0.3) is 5.56 Å². The molecule has 0 saturated heterocycles. The Morgan fingerprint density at radius 2 is 2.29 bits per heavy atom. The zero-order chi connectivity index (χ0) is 12.3. The third kappa shape index (κ3) is 2.65. The minimum atomic E-state index is -0.144. The van der Waals surface area contributed by atoms with Gasteiger partial charge in [-0.25, -0.2) is 4.98 Å². The molecule has 0 aliphatic heterocycles. The van der Waals surface area contributed by atoms with Gasteiger partial charge < -0.3 is 9.88 Å². The first kappa shape index (κ1) is 11.7. The summed E-state index contributed by atoms with van der Waals surface area (Å²) in [4.78, 5) is 15.9. The van der Waals surface area contributed by atoms with E-state index in [4.69, 9.17) is 11.6 Å². The first-order valence-corrected chi connectivity index (χ1v) is 5.66. The van der Waals surface area contributed by atoms with E-state index < -0.39 is 0 Å². The number of rotatable bonds is 3. The summed E-state index contributed by atoms with van der Waals surface area (Å²) < 4.78 is 1.58. The number of hydrogen-bond donors (Lipinski definition) is 1. The molecule has 88 valence electrons. The van der Waals surface area contributed by atoms with E-state index in [1.165, 1.54) is 0 Å². The van der Waals surface area contributed by atoms with Gasteiger partial charge in [0, 0.05) is 29.6 Å². The van der Waals surface area contributed by atoms with Gasteiger partial charge >= 0.3 is 0 Å². The van der Waals surface area contributed by atoms with Crippen LogP contribution in [-0.4, -0.2) is 9.55 Å². The standard InChI is InChI=1S/C12H12ClN3O/c1-2-16-7-6-14-11(12(16)17)15-10-5-3-4-9(13)8-10/h3-8H,2H2,1H3,(H,14,15). The number of aryl methyl sites for hydroxylation is 1. The van der Waals surface area contributed by atoms with Crippen LogP contribution in [0, 0.1) is 0 Å². The van der Waals surface area contributed by atoms with E-state index in [1.54, 1.807) is 29.1 Å². The number of nitrogens with zero attached hydrogens (tertiary/aromatic N) is 2. The zero-order valence-corrected chi connectivity index (χ0v) is 10.1. The van der Waals surface area contributed by atoms with Crippen molar-refractivity contribution in [2.24, 2.45) is 0 Å². The van der Waals surface area contributed by atoms with Gasteiger partial charge in [-0.05, 0) is 25.1 Å². The molecular weight excluding hydrogens is 238 g/mol. The van der Waals surface area contributed by atoms with Crippen LogP contribution in [0.25, 0.3) is 0 Å². The fourth-order valence-corrected chi connectivity index (χ4v) is 1.68. The van der Waals surface area contributed by atoms with Crippen molar-refractivity contribution < 1.29 is 0 Å². The van der Waals surface area contributed by atoms with E-state index >= 15 is 0 Å². The third-order valence-corrected chi connectivity index (χ3v) is 2.58. The molecule has 1 N–H and O–H groups in total. The maximum Gasteiger partial charge on any atom is 0.293 e. The van der Waals surface area contributed by atoms with Crippen LogP contribution in [0.4, 0.5) is 11.5 Å². The van der Waals surface area contributed by atoms with Gasteiger partial charge in [0.05, 0.1) is 0 Å². The molecule has 0 bridgehead atoms. The maximum atomic E-state index is 11.9. The molecule has 0 spiro atoms. The van der Waals surface area contributed by atoms with Gasteiger partial charge in [0.15, 0.2) is 5.82 Å². The predicted molar refractivity (Wildman–Crippen MR) is 68.9 cm³/mol. The van der Waals surface area contributed by atoms with Crippen molar-refractivity contribution in [3.8, 4) is 0 Å². The summed E-state index contributed by atoms with van der Waals surface area (Å²) in [5, 5.41) is 3.57. The van der Waals surface area contributed by atoms with E-state index in [2.05, 4.69) is 10.3 Å². The average molecular weight is 250 g/mol. The lowest BCUT2D eigenvalue weighted by molar-refractivity contribution is 0.720. The SMILES string of the molecule is CCn1ccnc(Nc2cccc(Cl)c2)c1=O. The molecule has 0 amide bonds. The molecular formula is C12H12ClN3O. The summed E-state index contributed by atoms with van der Waals surface area (Å²) in [5.41, 5.74) is 0.603. The second kappa shape index (κ2) is 5.01. The topological polar surface area (TPSA) is 46.9 Å². The molecule has 0 atom stereocenters. The van der Waals surface area contributed by atoms with Crippen LogP contribution >= 0.6 is 11.6 Å². The molecule has 4 nitrogen and oxygen atoms in total. The first-order valence-electron chi connectivity index (χ1n) is 5.28. The lowest BCUT2D eigenvalue weighted by atomic mass is 10.3. The Labute approximate surface area is 104 Å². The molecule has 5 heteroatoms. The Bertz CT molecular complexity index is 580. The van der Waals surface area contributed by atoms with E-state index in [1.807, 2.05) is 19.1 Å². The van der Waals surface area contributed by atoms with Gasteiger partial charge in [0.1, 0.15) is 0 Å². The fourth-order valence-electron chi connectivity index (χ4n) is 1.48. The van der Waals surface area contributed by atoms with Crippen molar-refractivity contribution >= 4 is 23.1 Å². The second-order valence-electron chi connectivity index (χ2n) is 3.50. The number of hydrogen-bond acceptors (Lipinski definition) is 3. The summed E-state index contributed by atoms with van der Waals surface area (Å²) >= 11 is 5.87. The highest BCUT2D eigenvalue weighted by Gasteiger charge is 2.03. The number of aromatic nitrogens is 2. The molecule has 0 aliphatic rings. The van der Waals surface area contributed by atoms with Crippen LogP contribution in [-0.2, 0) is 6.54 Å². The van der Waals surface area contributed by atoms with E-state index in [0.29, 0.717) is 17.4 Å². The van der Waals surface area contributed by atoms with Crippen LogP contribution in [0.1, 0.15) is 6.92 Å². The van der Waals surface area contributed by atoms with E-state index in [-0.39, 0.29) is 5.56 Å². The number of halogens is 1. The van der Waals surface area contributed by atoms with Crippen LogP contribution in [0.3, 0.4) is 0 Å². The predicted octanol–water partition coefficient (Wildman–Crippen LogP) is 2.66. The molecule has 0 saturated carbocycles. The highest BCUT2D eigenvalue weighted by molar-refractivity contribution is 6.30. The number of benzene rings is 1. The molecule has 17 heavy (non-hydrogen) atoms. The summed E-state index contributed by atoms with van der Waals surface area (Å²) in [5.74, 6) is 0.302. The molecule has 0 radical (unpaired) electrons. The smallest absolute Gasteiger partial charge is 0.293 e. The molecule has 0 fully saturated rings. The third-order valence-electron chi connectivity index (χ3n) is 2.34. The normalized spacial score (nSPS) is 10.2. The first-order chi connectivity index (χ1) is 8.20. The lowest BCUT2D eigenvalue weighted by Crippen LogP contribution is -2.22. The molecule has 2 aromatic rings. The molecule has 0 unspecified atom stereocenters. The molecule has 1 aromatic heterocycles. The monoisotopic (exact) mass is 249 g/mol. The summed E-state index contributed by atoms with van der Waals surface area (Å²) in [6, 6.07) is 7.16. The number of nitrogens with one attached hydrogen (secondary N) is 1. The Morgan fingerprint density at radius 1 is 1.47 bits per heavy atom. The van der Waals surface area contributed by atoms with Gasteiger partial charge in [-0.15, -0.1) is 0 Å². The minimum Gasteiger partial charge on any atom is -0.336 e. The van der Waals surface area contributed by atoms with Crippen molar-refractivity contribution in [3.05, 3.63) is 52.0 Å². The fraction of sp³-hybridized carbons (Fsp3) is 0.167. The molecule has 1 heterocycles. The van der Waals surface area contributed by atoms with E-state index in [9.17, 15) is 4.79 Å². The van der Waals surface area contributed by atoms with Crippen LogP contribution < -0.4 is 10.9 Å². The van der Waals surface area contributed by atoms with Gasteiger partial charge in [-0.2, -0.15) is 0 Å². The van der Waals surface area contributed by atoms with E-state index in [0.717, 1.165) is 5.69 Å². The van der Waals surface area contributed by atoms with Crippen molar-refractivity contribution in [1.29, 1.82) is 0 Å². The van der Waals surface area contributed by atoms with Crippen molar-refractivity contribution in [3.63, 3.8) is 0 Å². The summed E-state index contributed by atoms with van der Waals surface area (Å²) in [6.45, 7) is 2.52. The Kier molecular flexibility index (Phi) is 3.44. The maximum absolute atomic E-state index is 11.9. The van der Waals surface area contributed by atoms with Gasteiger partial charge in [0.2, 0.25) is 0 Å². The van der Waals surface area contributed by atoms with Crippen molar-refractivity contribution in [2.45, 2.75) is 13.5 Å². The molecule has 0 aliphatic carbocycles. The minimum absolute atomic E-state index is 0.144. The van der Waals surface area contributed by atoms with Crippen molar-refractivity contribution in [1.82, 2.24) is 9.55 Å². The highest BCUT2D eigenvalue weighted by Crippen LogP contribution is 2.16. The van der Waals surface area contributed by atoms with Gasteiger partial charge in [-0.3, -0.25) is 4.79 Å². The zero-order valence-electron chi connectivity index (χ0n) is 9.35. The Balaban J connectivity index is 2.34. The largest absolute Gasteiger partial charge is 0.336 e. The quantitative estimate of drug-likeness (QED) is 0.910. The summed E-state index contributed by atoms with van der Waals surface area (Å²) in [6.07, 6.45) is 3.25. The summed E-state index contributed by atoms with van der Waals surface area (Å²) in [7, 11) is 0. The van der Waals surface area contributed by atoms with Crippen molar-refractivity contribution in [2.75, 3.05) is 5.32 Å². The molecule has 2 rings (SSSR count). The lowest BCUT2D eigenvalue weighted by Gasteiger charge is -2.07. The average Bonchev–Trinajstić information content (AvgIpc) is 2.32. The van der Waals surface area contributed by atoms with Crippen LogP contribution in [0.2, 0.25) is 5.02 Å². The second-order valence-corrected chi connectivity index (χ2v) is 3.94. The molecule has 1 aromatic carbocycles. The Hall–Kier alpha value is -1.81. The number of anilines is 2. The van der Waals surface area contributed by atoms with Gasteiger partial charge in [-0.1, -0.05) is 17.7 Å². The van der Waals surface area contributed by atoms with Crippen LogP contribution in [0.15, 0.2) is 41.5 Å². The Morgan fingerprint density at radius 3 is 3.00 bits per heavy atom. The van der Waals surface area contributed by atoms with Crippen LogP contribution in [0.5, 0.6) is 0 Å². The highest BCUT2D eigenvalue weighted by atomic mass is 35.5.